The van der Waals surface area contributed by atoms with Gasteiger partial charge in [0.25, 0.3) is 0 Å². The maximum Gasteiger partial charge on any atom is 0.160 e. The van der Waals surface area contributed by atoms with Gasteiger partial charge in [0.05, 0.1) is 11.4 Å². The van der Waals surface area contributed by atoms with Crippen LogP contribution < -0.4 is 0 Å². The first-order valence-electron chi connectivity index (χ1n) is 16.3. The minimum absolute atomic E-state index is 0.113. The zero-order chi connectivity index (χ0) is 31.5. The van der Waals surface area contributed by atoms with Crippen LogP contribution in [0.5, 0.6) is 0 Å². The number of rotatable bonds is 4. The van der Waals surface area contributed by atoms with Gasteiger partial charge in [0.15, 0.2) is 5.82 Å². The van der Waals surface area contributed by atoms with Crippen LogP contribution in [0.1, 0.15) is 25.0 Å². The van der Waals surface area contributed by atoms with Gasteiger partial charge in [-0.2, -0.15) is 0 Å². The van der Waals surface area contributed by atoms with Crippen LogP contribution in [0.25, 0.3) is 77.7 Å². The van der Waals surface area contributed by atoms with E-state index in [1.807, 2.05) is 18.2 Å². The predicted octanol–water partition coefficient (Wildman–Crippen LogP) is 11.8. The molecule has 1 aliphatic carbocycles. The minimum atomic E-state index is -0.113. The summed E-state index contributed by atoms with van der Waals surface area (Å²) in [6.07, 6.45) is 0. The first-order valence-corrected chi connectivity index (χ1v) is 16.3. The van der Waals surface area contributed by atoms with Gasteiger partial charge in [0.2, 0.25) is 0 Å². The van der Waals surface area contributed by atoms with Crippen LogP contribution in [0, 0.1) is 0 Å². The molecule has 0 atom stereocenters. The Hall–Kier alpha value is -5.86. The summed E-state index contributed by atoms with van der Waals surface area (Å²) in [6, 6.07) is 56.5. The molecule has 1 heterocycles. The first-order chi connectivity index (χ1) is 23.0. The summed E-state index contributed by atoms with van der Waals surface area (Å²) in [5, 5.41) is 4.96. The molecule has 1 aromatic heterocycles. The van der Waals surface area contributed by atoms with E-state index in [-0.39, 0.29) is 5.41 Å². The number of aromatic nitrogens is 2. The highest BCUT2D eigenvalue weighted by atomic mass is 14.9. The molecule has 2 heteroatoms. The summed E-state index contributed by atoms with van der Waals surface area (Å²) in [6.45, 7) is 4.71. The van der Waals surface area contributed by atoms with Crippen LogP contribution in [0.15, 0.2) is 158 Å². The molecule has 2 nitrogen and oxygen atoms in total. The Morgan fingerprint density at radius 2 is 1.00 bits per heavy atom. The summed E-state index contributed by atoms with van der Waals surface area (Å²) in [7, 11) is 0. The van der Waals surface area contributed by atoms with Gasteiger partial charge in [0.1, 0.15) is 0 Å². The van der Waals surface area contributed by atoms with Gasteiger partial charge >= 0.3 is 0 Å². The molecule has 0 saturated heterocycles. The highest BCUT2D eigenvalue weighted by Crippen LogP contribution is 2.54. The fourth-order valence-electron chi connectivity index (χ4n) is 7.44. The smallest absolute Gasteiger partial charge is 0.160 e. The topological polar surface area (TPSA) is 25.8 Å². The van der Waals surface area contributed by atoms with Gasteiger partial charge in [-0.15, -0.1) is 0 Å². The fourth-order valence-corrected chi connectivity index (χ4v) is 7.44. The summed E-state index contributed by atoms with van der Waals surface area (Å²) in [5.41, 5.74) is 12.6. The van der Waals surface area contributed by atoms with E-state index in [9.17, 15) is 0 Å². The van der Waals surface area contributed by atoms with Crippen molar-refractivity contribution in [1.82, 2.24) is 9.97 Å². The normalized spacial score (nSPS) is 13.1. The lowest BCUT2D eigenvalue weighted by molar-refractivity contribution is 0.661. The average molecular weight is 601 g/mol. The second-order valence-corrected chi connectivity index (χ2v) is 13.0. The van der Waals surface area contributed by atoms with E-state index in [4.69, 9.17) is 9.97 Å². The molecular weight excluding hydrogens is 569 g/mol. The standard InChI is InChI=1S/C45H32N2/c1-45(2)39-22-12-21-37(43(39)38-26-32-17-8-9-18-33(32)27-40(38)45)35-19-10-11-20-36(35)42-28-41(46-44(47-42)30-14-4-3-5-15-30)34-24-23-29-13-6-7-16-31(29)25-34/h3-28H,1-2H3. The molecule has 0 radical (unpaired) electrons. The first kappa shape index (κ1) is 27.5. The number of hydrogen-bond acceptors (Lipinski definition) is 2. The van der Waals surface area contributed by atoms with Gasteiger partial charge in [-0.25, -0.2) is 9.97 Å². The fraction of sp³-hybridized carbons (Fsp3) is 0.0667. The second kappa shape index (κ2) is 10.6. The molecule has 0 saturated carbocycles. The molecule has 222 valence electrons. The van der Waals surface area contributed by atoms with Crippen molar-refractivity contribution in [2.24, 2.45) is 0 Å². The Morgan fingerprint density at radius 1 is 0.383 bits per heavy atom. The quantitative estimate of drug-likeness (QED) is 0.201. The van der Waals surface area contributed by atoms with Crippen LogP contribution in [0.3, 0.4) is 0 Å². The zero-order valence-corrected chi connectivity index (χ0v) is 26.4. The third kappa shape index (κ3) is 4.48. The lowest BCUT2D eigenvalue weighted by Crippen LogP contribution is -2.14. The summed E-state index contributed by atoms with van der Waals surface area (Å²) >= 11 is 0. The molecule has 0 bridgehead atoms. The molecule has 0 unspecified atom stereocenters. The zero-order valence-electron chi connectivity index (χ0n) is 26.4. The SMILES string of the molecule is CC1(C)c2cc3ccccc3cc2-c2c(-c3ccccc3-c3cc(-c4ccc5ccccc5c4)nc(-c4ccccc4)n3)cccc21. The highest BCUT2D eigenvalue weighted by Gasteiger charge is 2.37. The maximum absolute atomic E-state index is 5.24. The van der Waals surface area contributed by atoms with E-state index in [0.717, 1.165) is 33.9 Å². The number of fused-ring (bicyclic) bond motifs is 5. The van der Waals surface area contributed by atoms with Gasteiger partial charge in [0, 0.05) is 22.1 Å². The van der Waals surface area contributed by atoms with Crippen LogP contribution in [0.4, 0.5) is 0 Å². The van der Waals surface area contributed by atoms with E-state index >= 15 is 0 Å². The third-order valence-electron chi connectivity index (χ3n) is 9.86. The van der Waals surface area contributed by atoms with Crippen molar-refractivity contribution in [2.45, 2.75) is 19.3 Å². The molecule has 0 spiro atoms. The van der Waals surface area contributed by atoms with E-state index in [2.05, 4.69) is 153 Å². The van der Waals surface area contributed by atoms with Crippen molar-refractivity contribution in [1.29, 1.82) is 0 Å². The van der Waals surface area contributed by atoms with Gasteiger partial charge in [-0.3, -0.25) is 0 Å². The van der Waals surface area contributed by atoms with E-state index in [1.54, 1.807) is 0 Å². The molecule has 0 N–H and O–H groups in total. The summed E-state index contributed by atoms with van der Waals surface area (Å²) < 4.78 is 0. The molecule has 9 rings (SSSR count). The molecule has 0 fully saturated rings. The van der Waals surface area contributed by atoms with E-state index < -0.39 is 0 Å². The van der Waals surface area contributed by atoms with Crippen molar-refractivity contribution in [2.75, 3.05) is 0 Å². The monoisotopic (exact) mass is 600 g/mol. The molecule has 7 aromatic carbocycles. The predicted molar refractivity (Wildman–Crippen MR) is 196 cm³/mol. The number of nitrogens with zero attached hydrogens (tertiary/aromatic N) is 2. The summed E-state index contributed by atoms with van der Waals surface area (Å²) in [4.78, 5) is 10.4. The van der Waals surface area contributed by atoms with Crippen LogP contribution in [-0.2, 0) is 5.41 Å². The lowest BCUT2D eigenvalue weighted by atomic mass is 9.81. The average Bonchev–Trinajstić information content (AvgIpc) is 3.36. The summed E-state index contributed by atoms with van der Waals surface area (Å²) in [5.74, 6) is 0.720. The Bertz CT molecular complexity index is 2490. The largest absolute Gasteiger partial charge is 0.228 e. The van der Waals surface area contributed by atoms with Crippen molar-refractivity contribution in [3.8, 4) is 56.2 Å². The van der Waals surface area contributed by atoms with Crippen molar-refractivity contribution in [3.05, 3.63) is 169 Å². The second-order valence-electron chi connectivity index (χ2n) is 13.0. The number of benzene rings is 7. The van der Waals surface area contributed by atoms with E-state index in [0.29, 0.717) is 0 Å². The van der Waals surface area contributed by atoms with Gasteiger partial charge in [-0.1, -0.05) is 147 Å². The molecule has 0 amide bonds. The molecule has 0 aliphatic heterocycles. The molecule has 47 heavy (non-hydrogen) atoms. The highest BCUT2D eigenvalue weighted by molar-refractivity contribution is 6.01. The Labute approximate surface area is 275 Å². The Balaban J connectivity index is 1.28. The Morgan fingerprint density at radius 3 is 1.79 bits per heavy atom. The van der Waals surface area contributed by atoms with Crippen LogP contribution >= 0.6 is 0 Å². The van der Waals surface area contributed by atoms with Crippen molar-refractivity contribution in [3.63, 3.8) is 0 Å². The number of hydrogen-bond donors (Lipinski definition) is 0. The van der Waals surface area contributed by atoms with Crippen LogP contribution in [-0.4, -0.2) is 9.97 Å². The van der Waals surface area contributed by atoms with E-state index in [1.165, 1.54) is 54.9 Å². The molecular formula is C45H32N2. The third-order valence-corrected chi connectivity index (χ3v) is 9.86. The van der Waals surface area contributed by atoms with Gasteiger partial charge < -0.3 is 0 Å². The van der Waals surface area contributed by atoms with Crippen molar-refractivity contribution < 1.29 is 0 Å². The maximum atomic E-state index is 5.24. The molecule has 1 aliphatic rings. The Kier molecular flexibility index (Phi) is 6.20. The van der Waals surface area contributed by atoms with Gasteiger partial charge in [-0.05, 0) is 79.2 Å². The molecule has 8 aromatic rings. The minimum Gasteiger partial charge on any atom is -0.228 e. The van der Waals surface area contributed by atoms with Crippen molar-refractivity contribution >= 4 is 21.5 Å². The van der Waals surface area contributed by atoms with Crippen LogP contribution in [0.2, 0.25) is 0 Å². The lowest BCUT2D eigenvalue weighted by Gasteiger charge is -2.22.